The molecule has 1 aliphatic carbocycles. The summed E-state index contributed by atoms with van der Waals surface area (Å²) in [6.07, 6.45) is 5.56. The second-order valence-corrected chi connectivity index (χ2v) is 9.36. The van der Waals surface area contributed by atoms with E-state index < -0.39 is 12.0 Å². The van der Waals surface area contributed by atoms with Crippen LogP contribution in [0.5, 0.6) is 0 Å². The maximum Gasteiger partial charge on any atom is 0.338 e. The molecule has 0 radical (unpaired) electrons. The molecule has 184 valence electrons. The van der Waals surface area contributed by atoms with Gasteiger partial charge in [0.05, 0.1) is 12.2 Å². The summed E-state index contributed by atoms with van der Waals surface area (Å²) in [5.41, 5.74) is 12.3. The molecule has 0 aliphatic heterocycles. The van der Waals surface area contributed by atoms with Gasteiger partial charge in [-0.2, -0.15) is 0 Å². The van der Waals surface area contributed by atoms with Crippen molar-refractivity contribution >= 4 is 23.5 Å². The summed E-state index contributed by atoms with van der Waals surface area (Å²) in [6, 6.07) is 5.94. The van der Waals surface area contributed by atoms with Crippen molar-refractivity contribution in [1.29, 1.82) is 0 Å². The predicted octanol–water partition coefficient (Wildman–Crippen LogP) is 2.82. The van der Waals surface area contributed by atoms with Gasteiger partial charge < -0.3 is 26.8 Å². The Balaban J connectivity index is 1.95. The van der Waals surface area contributed by atoms with Crippen molar-refractivity contribution in [3.8, 4) is 0 Å². The third-order valence-electron chi connectivity index (χ3n) is 6.07. The molecule has 2 rings (SSSR count). The van der Waals surface area contributed by atoms with Gasteiger partial charge in [-0.3, -0.25) is 9.59 Å². The van der Waals surface area contributed by atoms with Gasteiger partial charge in [-0.1, -0.05) is 13.8 Å². The number of nitrogens with one attached hydrogen (secondary N) is 2. The van der Waals surface area contributed by atoms with Crippen molar-refractivity contribution in [2.45, 2.75) is 64.8 Å². The minimum Gasteiger partial charge on any atom is -0.462 e. The zero-order valence-corrected chi connectivity index (χ0v) is 20.0. The van der Waals surface area contributed by atoms with Crippen LogP contribution in [0.3, 0.4) is 0 Å². The van der Waals surface area contributed by atoms with Gasteiger partial charge in [-0.25, -0.2) is 4.79 Å². The Labute approximate surface area is 197 Å². The SMILES string of the molecule is CC(C)COC(=O)c1ccc(NC(=O)[C@H](CCCCN)NC(=O)C2CCC(CN)CC2)cc1. The number of ether oxygens (including phenoxy) is 1. The average molecular weight is 461 g/mol. The molecular formula is C25H40N4O4. The lowest BCUT2D eigenvalue weighted by Crippen LogP contribution is -2.46. The van der Waals surface area contributed by atoms with Crippen molar-refractivity contribution in [3.05, 3.63) is 29.8 Å². The number of carbonyl (C=O) groups is 3. The van der Waals surface area contributed by atoms with Gasteiger partial charge in [0.1, 0.15) is 6.04 Å². The second kappa shape index (κ2) is 14.0. The van der Waals surface area contributed by atoms with Gasteiger partial charge in [0.2, 0.25) is 11.8 Å². The summed E-state index contributed by atoms with van der Waals surface area (Å²) in [5, 5.41) is 5.81. The summed E-state index contributed by atoms with van der Waals surface area (Å²) < 4.78 is 5.23. The van der Waals surface area contributed by atoms with E-state index in [1.807, 2.05) is 13.8 Å². The van der Waals surface area contributed by atoms with Gasteiger partial charge in [0.25, 0.3) is 0 Å². The van der Waals surface area contributed by atoms with Gasteiger partial charge in [-0.05, 0) is 94.1 Å². The number of rotatable bonds is 12. The first-order valence-corrected chi connectivity index (χ1v) is 12.1. The summed E-state index contributed by atoms with van der Waals surface area (Å²) in [5.74, 6) is -0.0580. The molecule has 1 aromatic carbocycles. The van der Waals surface area contributed by atoms with Crippen molar-refractivity contribution < 1.29 is 19.1 Å². The zero-order chi connectivity index (χ0) is 24.2. The van der Waals surface area contributed by atoms with E-state index in [1.165, 1.54) is 0 Å². The fourth-order valence-electron chi connectivity index (χ4n) is 3.96. The minimum absolute atomic E-state index is 0.0679. The van der Waals surface area contributed by atoms with E-state index in [2.05, 4.69) is 10.6 Å². The Bertz CT molecular complexity index is 758. The number of benzene rings is 1. The fourth-order valence-corrected chi connectivity index (χ4v) is 3.96. The van der Waals surface area contributed by atoms with Crippen LogP contribution >= 0.6 is 0 Å². The predicted molar refractivity (Wildman–Crippen MR) is 130 cm³/mol. The number of nitrogens with two attached hydrogens (primary N) is 2. The van der Waals surface area contributed by atoms with Crippen LogP contribution in [0.15, 0.2) is 24.3 Å². The number of anilines is 1. The molecule has 1 atom stereocenters. The molecule has 1 aromatic rings. The molecule has 33 heavy (non-hydrogen) atoms. The van der Waals surface area contributed by atoms with Crippen LogP contribution < -0.4 is 22.1 Å². The van der Waals surface area contributed by atoms with Crippen LogP contribution in [0.1, 0.15) is 69.2 Å². The Kier molecular flexibility index (Phi) is 11.3. The van der Waals surface area contributed by atoms with Crippen LogP contribution in [0.2, 0.25) is 0 Å². The number of hydrogen-bond donors (Lipinski definition) is 4. The summed E-state index contributed by atoms with van der Waals surface area (Å²) >= 11 is 0. The van der Waals surface area contributed by atoms with E-state index in [1.54, 1.807) is 24.3 Å². The molecule has 1 aliphatic rings. The van der Waals surface area contributed by atoms with Gasteiger partial charge in [-0.15, -0.1) is 0 Å². The number of amides is 2. The largest absolute Gasteiger partial charge is 0.462 e. The summed E-state index contributed by atoms with van der Waals surface area (Å²) in [7, 11) is 0. The van der Waals surface area contributed by atoms with Crippen LogP contribution in [-0.4, -0.2) is 43.5 Å². The van der Waals surface area contributed by atoms with Gasteiger partial charge in [0, 0.05) is 11.6 Å². The lowest BCUT2D eigenvalue weighted by atomic mass is 9.81. The van der Waals surface area contributed by atoms with Gasteiger partial charge in [0.15, 0.2) is 0 Å². The highest BCUT2D eigenvalue weighted by Gasteiger charge is 2.29. The third-order valence-corrected chi connectivity index (χ3v) is 6.07. The topological polar surface area (TPSA) is 137 Å². The monoisotopic (exact) mass is 460 g/mol. The van der Waals surface area contributed by atoms with E-state index in [4.69, 9.17) is 16.2 Å². The molecule has 1 fully saturated rings. The van der Waals surface area contributed by atoms with E-state index in [0.717, 1.165) is 38.5 Å². The molecule has 0 saturated heterocycles. The highest BCUT2D eigenvalue weighted by atomic mass is 16.5. The molecule has 8 nitrogen and oxygen atoms in total. The first kappa shape index (κ1) is 26.8. The molecule has 0 unspecified atom stereocenters. The third kappa shape index (κ3) is 9.14. The molecule has 2 amide bonds. The maximum absolute atomic E-state index is 13.0. The Morgan fingerprint density at radius 3 is 2.27 bits per heavy atom. The molecule has 6 N–H and O–H groups in total. The highest BCUT2D eigenvalue weighted by Crippen LogP contribution is 2.28. The van der Waals surface area contributed by atoms with Crippen molar-refractivity contribution in [2.24, 2.45) is 29.2 Å². The highest BCUT2D eigenvalue weighted by molar-refractivity contribution is 5.98. The normalized spacial score (nSPS) is 19.1. The molecular weight excluding hydrogens is 420 g/mol. The average Bonchev–Trinajstić information content (AvgIpc) is 2.82. The van der Waals surface area contributed by atoms with Crippen molar-refractivity contribution in [3.63, 3.8) is 0 Å². The van der Waals surface area contributed by atoms with E-state index in [9.17, 15) is 14.4 Å². The second-order valence-electron chi connectivity index (χ2n) is 9.36. The molecule has 1 saturated carbocycles. The molecule has 0 bridgehead atoms. The van der Waals surface area contributed by atoms with Crippen LogP contribution in [0, 0.1) is 17.8 Å². The van der Waals surface area contributed by atoms with Crippen LogP contribution in [0.4, 0.5) is 5.69 Å². The Morgan fingerprint density at radius 1 is 1.03 bits per heavy atom. The van der Waals surface area contributed by atoms with Crippen LogP contribution in [0.25, 0.3) is 0 Å². The van der Waals surface area contributed by atoms with Crippen LogP contribution in [-0.2, 0) is 14.3 Å². The molecule has 0 heterocycles. The smallest absolute Gasteiger partial charge is 0.338 e. The standard InChI is InChI=1S/C25H40N4O4/c1-17(2)16-33-25(32)20-10-12-21(13-11-20)28-24(31)22(5-3-4-14-26)29-23(30)19-8-6-18(15-27)7-9-19/h10-13,17-19,22H,3-9,14-16,26-27H2,1-2H3,(H,28,31)(H,29,30)/t18?,19?,22-/m0/s1. The van der Waals surface area contributed by atoms with Crippen molar-refractivity contribution in [1.82, 2.24) is 5.32 Å². The number of unbranched alkanes of at least 4 members (excludes halogenated alkanes) is 1. The Morgan fingerprint density at radius 2 is 1.70 bits per heavy atom. The first-order valence-electron chi connectivity index (χ1n) is 12.1. The molecule has 0 aromatic heterocycles. The lowest BCUT2D eigenvalue weighted by Gasteiger charge is -2.28. The van der Waals surface area contributed by atoms with E-state index in [0.29, 0.717) is 43.3 Å². The number of esters is 1. The van der Waals surface area contributed by atoms with E-state index >= 15 is 0 Å². The van der Waals surface area contributed by atoms with Crippen molar-refractivity contribution in [2.75, 3.05) is 25.0 Å². The maximum atomic E-state index is 13.0. The van der Waals surface area contributed by atoms with Gasteiger partial charge >= 0.3 is 5.97 Å². The minimum atomic E-state index is -0.632. The fraction of sp³-hybridized carbons (Fsp3) is 0.640. The quantitative estimate of drug-likeness (QED) is 0.280. The molecule has 8 heteroatoms. The number of carbonyl (C=O) groups excluding carboxylic acids is 3. The zero-order valence-electron chi connectivity index (χ0n) is 20.0. The molecule has 0 spiro atoms. The summed E-state index contributed by atoms with van der Waals surface area (Å²) in [4.78, 5) is 37.9. The number of hydrogen-bond acceptors (Lipinski definition) is 6. The Hall–Kier alpha value is -2.45. The summed E-state index contributed by atoms with van der Waals surface area (Å²) in [6.45, 7) is 5.50. The van der Waals surface area contributed by atoms with E-state index in [-0.39, 0.29) is 23.7 Å². The lowest BCUT2D eigenvalue weighted by molar-refractivity contribution is -0.130. The first-order chi connectivity index (χ1) is 15.8.